The van der Waals surface area contributed by atoms with Crippen LogP contribution in [0.25, 0.3) is 0 Å². The molecule has 124 valence electrons. The first-order chi connectivity index (χ1) is 11.6. The number of hydrogen-bond acceptors (Lipinski definition) is 3. The summed E-state index contributed by atoms with van der Waals surface area (Å²) in [6.07, 6.45) is 1.97. The average Bonchev–Trinajstić information content (AvgIpc) is 3.39. The molecule has 0 spiro atoms. The summed E-state index contributed by atoms with van der Waals surface area (Å²) in [5, 5.41) is 0. The molecule has 0 saturated heterocycles. The number of rotatable bonds is 4. The minimum Gasteiger partial charge on any atom is -0.306 e. The van der Waals surface area contributed by atoms with Crippen LogP contribution in [0, 0.1) is 0 Å². The Hall–Kier alpha value is -2.34. The topological polar surface area (TPSA) is 57.7 Å². The molecule has 1 amide bonds. The molecule has 24 heavy (non-hydrogen) atoms. The van der Waals surface area contributed by atoms with Crippen LogP contribution in [0.2, 0.25) is 0 Å². The van der Waals surface area contributed by atoms with Crippen LogP contribution in [-0.4, -0.2) is 26.9 Å². The number of hydrogen-bond donors (Lipinski definition) is 0. The molecule has 0 atom stereocenters. The van der Waals surface area contributed by atoms with E-state index in [1.54, 1.807) is 23.1 Å². The van der Waals surface area contributed by atoms with Gasteiger partial charge < -0.3 is 4.90 Å². The van der Waals surface area contributed by atoms with E-state index in [-0.39, 0.29) is 24.2 Å². The molecule has 0 unspecified atom stereocenters. The minimum absolute atomic E-state index is 0.112. The van der Waals surface area contributed by atoms with E-state index in [1.807, 2.05) is 36.4 Å². The van der Waals surface area contributed by atoms with Crippen molar-refractivity contribution in [2.75, 3.05) is 15.7 Å². The lowest BCUT2D eigenvalue weighted by Gasteiger charge is -2.36. The molecule has 6 heteroatoms. The summed E-state index contributed by atoms with van der Waals surface area (Å²) >= 11 is 0. The van der Waals surface area contributed by atoms with Crippen LogP contribution in [0.3, 0.4) is 0 Å². The number of para-hydroxylation sites is 2. The van der Waals surface area contributed by atoms with Gasteiger partial charge in [0.25, 0.3) is 0 Å². The molecule has 1 heterocycles. The lowest BCUT2D eigenvalue weighted by Crippen LogP contribution is -2.49. The second-order valence-electron chi connectivity index (χ2n) is 6.23. The first-order valence-corrected chi connectivity index (χ1v) is 9.62. The third kappa shape index (κ3) is 2.67. The molecule has 2 aliphatic rings. The van der Waals surface area contributed by atoms with Crippen molar-refractivity contribution in [2.24, 2.45) is 0 Å². The van der Waals surface area contributed by atoms with Crippen molar-refractivity contribution >= 4 is 27.3 Å². The Kier molecular flexibility index (Phi) is 3.57. The van der Waals surface area contributed by atoms with Crippen LogP contribution in [0.1, 0.15) is 18.4 Å². The van der Waals surface area contributed by atoms with Crippen LogP contribution in [0.15, 0.2) is 54.6 Å². The van der Waals surface area contributed by atoms with Crippen LogP contribution < -0.4 is 9.21 Å². The molecule has 0 bridgehead atoms. The third-order valence-electron chi connectivity index (χ3n) is 4.40. The van der Waals surface area contributed by atoms with Crippen molar-refractivity contribution in [2.45, 2.75) is 24.6 Å². The normalized spacial score (nSPS) is 17.8. The van der Waals surface area contributed by atoms with Gasteiger partial charge in [-0.3, -0.25) is 9.10 Å². The van der Waals surface area contributed by atoms with E-state index in [9.17, 15) is 13.2 Å². The largest absolute Gasteiger partial charge is 0.306 e. The Morgan fingerprint density at radius 1 is 0.917 bits per heavy atom. The van der Waals surface area contributed by atoms with Crippen molar-refractivity contribution in [1.82, 2.24) is 0 Å². The maximum Gasteiger partial charge on any atom is 0.248 e. The van der Waals surface area contributed by atoms with E-state index in [4.69, 9.17) is 0 Å². The number of anilines is 2. The van der Waals surface area contributed by atoms with Gasteiger partial charge in [0.05, 0.1) is 17.1 Å². The second-order valence-corrected chi connectivity index (χ2v) is 8.13. The van der Waals surface area contributed by atoms with Gasteiger partial charge in [-0.15, -0.1) is 0 Å². The smallest absolute Gasteiger partial charge is 0.248 e. The first-order valence-electron chi connectivity index (χ1n) is 8.02. The van der Waals surface area contributed by atoms with Crippen molar-refractivity contribution < 1.29 is 13.2 Å². The van der Waals surface area contributed by atoms with Crippen molar-refractivity contribution in [3.8, 4) is 0 Å². The fourth-order valence-corrected chi connectivity index (χ4v) is 4.67. The Bertz CT molecular complexity index is 876. The van der Waals surface area contributed by atoms with E-state index in [1.165, 1.54) is 4.31 Å². The number of sulfonamides is 1. The molecule has 0 radical (unpaired) electrons. The maximum atomic E-state index is 12.9. The zero-order chi connectivity index (χ0) is 16.7. The quantitative estimate of drug-likeness (QED) is 0.858. The zero-order valence-electron chi connectivity index (χ0n) is 13.1. The van der Waals surface area contributed by atoms with Crippen molar-refractivity contribution in [3.05, 3.63) is 60.2 Å². The molecule has 4 rings (SSSR count). The predicted octanol–water partition coefficient (Wildman–Crippen LogP) is 2.53. The summed E-state index contributed by atoms with van der Waals surface area (Å²) in [6, 6.07) is 16.5. The minimum atomic E-state index is -3.63. The fourth-order valence-electron chi connectivity index (χ4n) is 3.14. The SMILES string of the molecule is O=C1CN(S(=O)(=O)Cc2ccccc2)c2ccccc2N1C1CC1. The van der Waals surface area contributed by atoms with Crippen molar-refractivity contribution in [3.63, 3.8) is 0 Å². The maximum absolute atomic E-state index is 12.9. The second kappa shape index (κ2) is 5.63. The number of nitrogens with zero attached hydrogens (tertiary/aromatic N) is 2. The molecule has 1 fully saturated rings. The Labute approximate surface area is 141 Å². The van der Waals surface area contributed by atoms with Crippen LogP contribution in [-0.2, 0) is 20.6 Å². The Balaban J connectivity index is 1.72. The highest BCUT2D eigenvalue weighted by Gasteiger charge is 2.41. The molecular weight excluding hydrogens is 324 g/mol. The third-order valence-corrected chi connectivity index (χ3v) is 6.09. The van der Waals surface area contributed by atoms with Gasteiger partial charge in [0, 0.05) is 6.04 Å². The monoisotopic (exact) mass is 342 g/mol. The van der Waals surface area contributed by atoms with Gasteiger partial charge in [0.2, 0.25) is 15.9 Å². The lowest BCUT2D eigenvalue weighted by molar-refractivity contribution is -0.117. The van der Waals surface area contributed by atoms with Gasteiger partial charge in [-0.2, -0.15) is 0 Å². The number of carbonyl (C=O) groups is 1. The summed E-state index contributed by atoms with van der Waals surface area (Å²) < 4.78 is 27.1. The van der Waals surface area contributed by atoms with Gasteiger partial charge in [0.1, 0.15) is 6.54 Å². The van der Waals surface area contributed by atoms with Gasteiger partial charge in [-0.1, -0.05) is 42.5 Å². The highest BCUT2D eigenvalue weighted by atomic mass is 32.2. The van der Waals surface area contributed by atoms with Crippen LogP contribution in [0.4, 0.5) is 11.4 Å². The molecule has 5 nitrogen and oxygen atoms in total. The summed E-state index contributed by atoms with van der Waals surface area (Å²) in [4.78, 5) is 14.3. The van der Waals surface area contributed by atoms with Crippen LogP contribution in [0.5, 0.6) is 0 Å². The summed E-state index contributed by atoms with van der Waals surface area (Å²) in [5.74, 6) is -0.258. The molecule has 0 aromatic heterocycles. The Morgan fingerprint density at radius 2 is 1.54 bits per heavy atom. The molecule has 1 aliphatic heterocycles. The summed E-state index contributed by atoms with van der Waals surface area (Å²) in [5.41, 5.74) is 2.01. The van der Waals surface area contributed by atoms with Gasteiger partial charge in [-0.25, -0.2) is 8.42 Å². The fraction of sp³-hybridized carbons (Fsp3) is 0.278. The number of fused-ring (bicyclic) bond motifs is 1. The highest BCUT2D eigenvalue weighted by Crippen LogP contribution is 2.41. The van der Waals surface area contributed by atoms with E-state index >= 15 is 0 Å². The van der Waals surface area contributed by atoms with Crippen molar-refractivity contribution in [1.29, 1.82) is 0 Å². The zero-order valence-corrected chi connectivity index (χ0v) is 13.9. The Morgan fingerprint density at radius 3 is 2.21 bits per heavy atom. The average molecular weight is 342 g/mol. The molecular formula is C18H18N2O3S. The number of benzene rings is 2. The molecule has 1 saturated carbocycles. The predicted molar refractivity (Wildman–Crippen MR) is 93.4 cm³/mol. The standard InChI is InChI=1S/C18H18N2O3S/c21-18-12-19(24(22,23)13-14-6-2-1-3-7-14)16-8-4-5-9-17(16)20(18)15-10-11-15/h1-9,15H,10-13H2. The van der Waals surface area contributed by atoms with Crippen LogP contribution >= 0.6 is 0 Å². The molecule has 2 aromatic carbocycles. The van der Waals surface area contributed by atoms with E-state index < -0.39 is 10.0 Å². The van der Waals surface area contributed by atoms with Gasteiger partial charge in [0.15, 0.2) is 0 Å². The summed E-state index contributed by atoms with van der Waals surface area (Å²) in [6.45, 7) is -0.122. The van der Waals surface area contributed by atoms with E-state index in [2.05, 4.69) is 0 Å². The van der Waals surface area contributed by atoms with Gasteiger partial charge >= 0.3 is 0 Å². The molecule has 2 aromatic rings. The lowest BCUT2D eigenvalue weighted by atomic mass is 10.2. The number of amides is 1. The molecule has 0 N–H and O–H groups in total. The summed E-state index contributed by atoms with van der Waals surface area (Å²) in [7, 11) is -3.63. The molecule has 1 aliphatic carbocycles. The highest BCUT2D eigenvalue weighted by molar-refractivity contribution is 7.92. The van der Waals surface area contributed by atoms with E-state index in [0.29, 0.717) is 16.9 Å². The first kappa shape index (κ1) is 15.2. The van der Waals surface area contributed by atoms with E-state index in [0.717, 1.165) is 12.8 Å². The number of carbonyl (C=O) groups excluding carboxylic acids is 1. The van der Waals surface area contributed by atoms with Gasteiger partial charge in [-0.05, 0) is 30.5 Å².